The van der Waals surface area contributed by atoms with Crippen LogP contribution in [0.5, 0.6) is 0 Å². The molecule has 0 amide bonds. The lowest BCUT2D eigenvalue weighted by molar-refractivity contribution is 0.371. The Morgan fingerprint density at radius 1 is 1.39 bits per heavy atom. The summed E-state index contributed by atoms with van der Waals surface area (Å²) in [6.45, 7) is 2.19. The fraction of sp³-hybridized carbons (Fsp3) is 0.462. The molecule has 8 nitrogen and oxygen atoms in total. The molecule has 0 saturated carbocycles. The molecule has 10 heteroatoms. The summed E-state index contributed by atoms with van der Waals surface area (Å²) in [7, 11) is -1.70. The van der Waals surface area contributed by atoms with Crippen molar-refractivity contribution >= 4 is 22.4 Å². The molecule has 2 rings (SSSR count). The van der Waals surface area contributed by atoms with Crippen molar-refractivity contribution < 1.29 is 12.9 Å². The van der Waals surface area contributed by atoms with Crippen LogP contribution in [0, 0.1) is 0 Å². The molecular formula is C13H20ClN5O3S. The maximum Gasteiger partial charge on any atom is 0.242 e. The van der Waals surface area contributed by atoms with Crippen molar-refractivity contribution in [1.29, 1.82) is 0 Å². The fourth-order valence-electron chi connectivity index (χ4n) is 1.73. The lowest BCUT2D eigenvalue weighted by Gasteiger charge is -2.05. The van der Waals surface area contributed by atoms with Crippen LogP contribution in [0.1, 0.15) is 18.6 Å². The molecule has 2 N–H and O–H groups in total. The number of hydrogen-bond acceptors (Lipinski definition) is 7. The Balaban J connectivity index is 0.00000264. The van der Waals surface area contributed by atoms with E-state index in [-0.39, 0.29) is 29.9 Å². The highest BCUT2D eigenvalue weighted by Gasteiger charge is 2.14. The molecular weight excluding hydrogens is 342 g/mol. The highest BCUT2D eigenvalue weighted by Crippen LogP contribution is 2.06. The SMILES string of the molecule is CNC(C)Cc1noc(CCNS(=O)(=O)c2cccnc2)n1.Cl. The molecule has 0 fully saturated rings. The smallest absolute Gasteiger partial charge is 0.242 e. The highest BCUT2D eigenvalue weighted by molar-refractivity contribution is 7.89. The Hall–Kier alpha value is -1.55. The first-order valence-electron chi connectivity index (χ1n) is 6.89. The minimum absolute atomic E-state index is 0. The number of nitrogens with one attached hydrogen (secondary N) is 2. The molecule has 0 spiro atoms. The summed E-state index contributed by atoms with van der Waals surface area (Å²) in [5, 5.41) is 6.95. The van der Waals surface area contributed by atoms with Gasteiger partial charge in [-0.3, -0.25) is 4.98 Å². The first-order valence-corrected chi connectivity index (χ1v) is 8.38. The summed E-state index contributed by atoms with van der Waals surface area (Å²) in [6, 6.07) is 3.30. The predicted molar refractivity (Wildman–Crippen MR) is 86.9 cm³/mol. The van der Waals surface area contributed by atoms with Crippen LogP contribution >= 0.6 is 12.4 Å². The van der Waals surface area contributed by atoms with Crippen molar-refractivity contribution in [3.8, 4) is 0 Å². The van der Waals surface area contributed by atoms with Crippen molar-refractivity contribution in [3.63, 3.8) is 0 Å². The first kappa shape index (κ1) is 19.5. The zero-order chi connectivity index (χ0) is 16.0. The van der Waals surface area contributed by atoms with E-state index < -0.39 is 10.0 Å². The summed E-state index contributed by atoms with van der Waals surface area (Å²) in [6.07, 6.45) is 3.80. The second kappa shape index (κ2) is 8.92. The van der Waals surface area contributed by atoms with Gasteiger partial charge >= 0.3 is 0 Å². The van der Waals surface area contributed by atoms with Crippen LogP contribution in [0.2, 0.25) is 0 Å². The van der Waals surface area contributed by atoms with Crippen LogP contribution in [0.15, 0.2) is 33.9 Å². The van der Waals surface area contributed by atoms with Gasteiger partial charge in [0.15, 0.2) is 5.82 Å². The number of likely N-dealkylation sites (N-methyl/N-ethyl adjacent to an activating group) is 1. The number of halogens is 1. The topological polar surface area (TPSA) is 110 Å². The third-order valence-electron chi connectivity index (χ3n) is 3.07. The lowest BCUT2D eigenvalue weighted by Crippen LogP contribution is -2.26. The predicted octanol–water partition coefficient (Wildman–Crippen LogP) is 0.558. The van der Waals surface area contributed by atoms with Gasteiger partial charge in [0.05, 0.1) is 0 Å². The minimum atomic E-state index is -3.56. The fourth-order valence-corrected chi connectivity index (χ4v) is 2.73. The lowest BCUT2D eigenvalue weighted by atomic mass is 10.2. The van der Waals surface area contributed by atoms with E-state index in [0.717, 1.165) is 0 Å². The van der Waals surface area contributed by atoms with Gasteiger partial charge in [-0.2, -0.15) is 4.98 Å². The molecule has 2 heterocycles. The zero-order valence-electron chi connectivity index (χ0n) is 12.9. The molecule has 2 aromatic heterocycles. The molecule has 0 radical (unpaired) electrons. The average Bonchev–Trinajstić information content (AvgIpc) is 2.95. The number of hydrogen-bond donors (Lipinski definition) is 2. The van der Waals surface area contributed by atoms with Crippen molar-refractivity contribution in [3.05, 3.63) is 36.2 Å². The maximum absolute atomic E-state index is 12.0. The molecule has 0 saturated heterocycles. The van der Waals surface area contributed by atoms with Crippen molar-refractivity contribution in [2.75, 3.05) is 13.6 Å². The van der Waals surface area contributed by atoms with Gasteiger partial charge in [0.1, 0.15) is 4.90 Å². The van der Waals surface area contributed by atoms with Crippen LogP contribution in [0.3, 0.4) is 0 Å². The van der Waals surface area contributed by atoms with Crippen LogP contribution in [0.4, 0.5) is 0 Å². The maximum atomic E-state index is 12.0. The van der Waals surface area contributed by atoms with Gasteiger partial charge in [0, 0.05) is 37.8 Å². The molecule has 2 aromatic rings. The molecule has 1 atom stereocenters. The van der Waals surface area contributed by atoms with Crippen LogP contribution < -0.4 is 10.0 Å². The first-order chi connectivity index (χ1) is 10.5. The summed E-state index contributed by atoms with van der Waals surface area (Å²) < 4.78 is 31.5. The van der Waals surface area contributed by atoms with Crippen molar-refractivity contribution in [2.24, 2.45) is 0 Å². The van der Waals surface area contributed by atoms with E-state index in [1.165, 1.54) is 18.5 Å². The van der Waals surface area contributed by atoms with Gasteiger partial charge in [-0.25, -0.2) is 13.1 Å². The number of rotatable bonds is 8. The molecule has 0 bridgehead atoms. The minimum Gasteiger partial charge on any atom is -0.339 e. The number of nitrogens with zero attached hydrogens (tertiary/aromatic N) is 3. The summed E-state index contributed by atoms with van der Waals surface area (Å²) in [5.74, 6) is 1.01. The van der Waals surface area contributed by atoms with E-state index in [1.807, 2.05) is 14.0 Å². The average molecular weight is 362 g/mol. The Kier molecular flexibility index (Phi) is 7.56. The van der Waals surface area contributed by atoms with Crippen LogP contribution in [-0.2, 0) is 22.9 Å². The summed E-state index contributed by atoms with van der Waals surface area (Å²) >= 11 is 0. The third-order valence-corrected chi connectivity index (χ3v) is 4.51. The molecule has 0 aliphatic rings. The molecule has 0 aliphatic carbocycles. The third kappa shape index (κ3) is 5.87. The Morgan fingerprint density at radius 3 is 2.83 bits per heavy atom. The number of aromatic nitrogens is 3. The summed E-state index contributed by atoms with van der Waals surface area (Å²) in [4.78, 5) is 8.14. The second-order valence-electron chi connectivity index (χ2n) is 4.83. The molecule has 0 aliphatic heterocycles. The molecule has 1 unspecified atom stereocenters. The Morgan fingerprint density at radius 2 is 2.17 bits per heavy atom. The van der Waals surface area contributed by atoms with Gasteiger partial charge in [-0.1, -0.05) is 5.16 Å². The van der Waals surface area contributed by atoms with Crippen LogP contribution in [-0.4, -0.2) is 43.2 Å². The Labute approximate surface area is 141 Å². The quantitative estimate of drug-likeness (QED) is 0.706. The highest BCUT2D eigenvalue weighted by atomic mass is 35.5. The van der Waals surface area contributed by atoms with Crippen molar-refractivity contribution in [2.45, 2.75) is 30.7 Å². The van der Waals surface area contributed by atoms with E-state index >= 15 is 0 Å². The monoisotopic (exact) mass is 361 g/mol. The number of pyridine rings is 1. The van der Waals surface area contributed by atoms with Gasteiger partial charge in [-0.15, -0.1) is 12.4 Å². The summed E-state index contributed by atoms with van der Waals surface area (Å²) in [5.41, 5.74) is 0. The number of sulfonamides is 1. The van der Waals surface area contributed by atoms with Gasteiger partial charge in [0.2, 0.25) is 15.9 Å². The van der Waals surface area contributed by atoms with E-state index in [0.29, 0.717) is 24.6 Å². The van der Waals surface area contributed by atoms with Gasteiger partial charge < -0.3 is 9.84 Å². The van der Waals surface area contributed by atoms with Crippen molar-refractivity contribution in [1.82, 2.24) is 25.2 Å². The van der Waals surface area contributed by atoms with Gasteiger partial charge in [-0.05, 0) is 26.1 Å². The molecule has 0 aromatic carbocycles. The van der Waals surface area contributed by atoms with Gasteiger partial charge in [0.25, 0.3) is 0 Å². The van der Waals surface area contributed by atoms with E-state index in [2.05, 4.69) is 25.2 Å². The van der Waals surface area contributed by atoms with Crippen LogP contribution in [0.25, 0.3) is 0 Å². The Bertz CT molecular complexity index is 693. The van der Waals surface area contributed by atoms with E-state index in [4.69, 9.17) is 4.52 Å². The molecule has 128 valence electrons. The van der Waals surface area contributed by atoms with E-state index in [1.54, 1.807) is 6.07 Å². The zero-order valence-corrected chi connectivity index (χ0v) is 14.5. The second-order valence-corrected chi connectivity index (χ2v) is 6.60. The standard InChI is InChI=1S/C13H19N5O3S.ClH/c1-10(14-2)8-12-17-13(21-18-12)5-7-16-22(19,20)11-4-3-6-15-9-11;/h3-4,6,9-10,14,16H,5,7-8H2,1-2H3;1H. The normalized spacial score (nSPS) is 12.6. The van der Waals surface area contributed by atoms with E-state index in [9.17, 15) is 8.42 Å². The largest absolute Gasteiger partial charge is 0.339 e. The molecule has 23 heavy (non-hydrogen) atoms.